The van der Waals surface area contributed by atoms with E-state index in [9.17, 15) is 4.39 Å². The molecule has 3 rings (SSSR count). The van der Waals surface area contributed by atoms with Gasteiger partial charge in [-0.05, 0) is 48.4 Å². The highest BCUT2D eigenvalue weighted by Crippen LogP contribution is 2.36. The van der Waals surface area contributed by atoms with Gasteiger partial charge in [-0.3, -0.25) is 0 Å². The molecule has 2 N–H and O–H groups in total. The van der Waals surface area contributed by atoms with Gasteiger partial charge in [0.2, 0.25) is 0 Å². The van der Waals surface area contributed by atoms with Crippen molar-refractivity contribution in [3.8, 4) is 0 Å². The first-order chi connectivity index (χ1) is 10.1. The van der Waals surface area contributed by atoms with Gasteiger partial charge in [0.05, 0.1) is 5.02 Å². The molecule has 1 nitrogen and oxygen atoms in total. The molecule has 0 bridgehead atoms. The van der Waals surface area contributed by atoms with Crippen LogP contribution in [-0.2, 0) is 18.4 Å². The summed E-state index contributed by atoms with van der Waals surface area (Å²) in [7, 11) is 0. The Morgan fingerprint density at radius 2 is 1.90 bits per heavy atom. The van der Waals surface area contributed by atoms with Crippen molar-refractivity contribution in [2.24, 2.45) is 5.73 Å². The van der Waals surface area contributed by atoms with Crippen LogP contribution in [0.4, 0.5) is 4.39 Å². The molecule has 110 valence electrons. The zero-order chi connectivity index (χ0) is 14.9. The molecular weight excluding hydrogens is 285 g/mol. The third kappa shape index (κ3) is 2.83. The predicted octanol–water partition coefficient (Wildman–Crippen LogP) is 4.60. The van der Waals surface area contributed by atoms with Gasteiger partial charge in [-0.15, -0.1) is 0 Å². The van der Waals surface area contributed by atoms with Crippen molar-refractivity contribution in [2.45, 2.75) is 37.6 Å². The van der Waals surface area contributed by atoms with Crippen LogP contribution < -0.4 is 5.73 Å². The minimum absolute atomic E-state index is 0.198. The number of halogens is 2. The van der Waals surface area contributed by atoms with E-state index in [-0.39, 0.29) is 10.8 Å². The van der Waals surface area contributed by atoms with E-state index in [0.29, 0.717) is 6.42 Å². The average Bonchev–Trinajstić information content (AvgIpc) is 2.64. The monoisotopic (exact) mass is 303 g/mol. The topological polar surface area (TPSA) is 26.0 Å². The fraction of sp³-hybridized carbons (Fsp3) is 0.333. The standard InChI is InChI=1S/C18H19ClFN/c19-17-14(8-5-10-16(17)20)12-18(21)11-4-3-7-13-6-1-2-9-15(13)18/h1-2,5-6,8-10H,3-4,7,11-12,21H2. The molecule has 0 fully saturated rings. The van der Waals surface area contributed by atoms with Crippen LogP contribution >= 0.6 is 11.6 Å². The molecule has 0 spiro atoms. The van der Waals surface area contributed by atoms with Crippen LogP contribution in [0.5, 0.6) is 0 Å². The number of hydrogen-bond acceptors (Lipinski definition) is 1. The first-order valence-corrected chi connectivity index (χ1v) is 7.78. The summed E-state index contributed by atoms with van der Waals surface area (Å²) < 4.78 is 13.7. The van der Waals surface area contributed by atoms with Crippen molar-refractivity contribution in [3.05, 3.63) is 70.0 Å². The molecule has 3 heteroatoms. The van der Waals surface area contributed by atoms with E-state index in [1.165, 1.54) is 17.2 Å². The molecule has 0 aliphatic heterocycles. The van der Waals surface area contributed by atoms with Gasteiger partial charge >= 0.3 is 0 Å². The zero-order valence-corrected chi connectivity index (χ0v) is 12.7. The van der Waals surface area contributed by atoms with Crippen molar-refractivity contribution < 1.29 is 4.39 Å². The minimum atomic E-state index is -0.468. The van der Waals surface area contributed by atoms with Gasteiger partial charge in [0.1, 0.15) is 5.82 Å². The Bertz CT molecular complexity index is 655. The Morgan fingerprint density at radius 3 is 2.76 bits per heavy atom. The lowest BCUT2D eigenvalue weighted by atomic mass is 9.80. The number of aryl methyl sites for hydroxylation is 1. The smallest absolute Gasteiger partial charge is 0.142 e. The third-order valence-corrected chi connectivity index (χ3v) is 4.83. The zero-order valence-electron chi connectivity index (χ0n) is 11.9. The van der Waals surface area contributed by atoms with E-state index in [1.54, 1.807) is 6.07 Å². The van der Waals surface area contributed by atoms with E-state index in [0.717, 1.165) is 31.2 Å². The fourth-order valence-corrected chi connectivity index (χ4v) is 3.52. The summed E-state index contributed by atoms with van der Waals surface area (Å²) in [4.78, 5) is 0. The van der Waals surface area contributed by atoms with E-state index in [4.69, 9.17) is 17.3 Å². The number of hydrogen-bond donors (Lipinski definition) is 1. The molecule has 0 aromatic heterocycles. The first-order valence-electron chi connectivity index (χ1n) is 7.40. The normalized spacial score (nSPS) is 21.7. The molecule has 2 aromatic carbocycles. The largest absolute Gasteiger partial charge is 0.321 e. The lowest BCUT2D eigenvalue weighted by Gasteiger charge is -2.31. The van der Waals surface area contributed by atoms with Crippen molar-refractivity contribution in [1.29, 1.82) is 0 Å². The SMILES string of the molecule is NC1(Cc2cccc(F)c2Cl)CCCCc2ccccc21. The van der Waals surface area contributed by atoms with E-state index >= 15 is 0 Å². The van der Waals surface area contributed by atoms with Crippen LogP contribution in [-0.4, -0.2) is 0 Å². The first kappa shape index (κ1) is 14.6. The summed E-state index contributed by atoms with van der Waals surface area (Å²) in [5.74, 6) is -0.375. The van der Waals surface area contributed by atoms with Gasteiger partial charge in [-0.2, -0.15) is 0 Å². The molecule has 0 heterocycles. The van der Waals surface area contributed by atoms with Gasteiger partial charge in [0, 0.05) is 5.54 Å². The second kappa shape index (κ2) is 5.78. The van der Waals surface area contributed by atoms with Gasteiger partial charge in [0.25, 0.3) is 0 Å². The summed E-state index contributed by atoms with van der Waals surface area (Å²) in [5.41, 5.74) is 9.55. The molecule has 1 unspecified atom stereocenters. The van der Waals surface area contributed by atoms with Gasteiger partial charge in [-0.25, -0.2) is 4.39 Å². The highest BCUT2D eigenvalue weighted by atomic mass is 35.5. The molecule has 0 amide bonds. The van der Waals surface area contributed by atoms with Crippen molar-refractivity contribution in [1.82, 2.24) is 0 Å². The lowest BCUT2D eigenvalue weighted by molar-refractivity contribution is 0.398. The number of nitrogens with two attached hydrogens (primary N) is 1. The molecule has 1 atom stereocenters. The van der Waals surface area contributed by atoms with Crippen LogP contribution in [0.3, 0.4) is 0 Å². The van der Waals surface area contributed by atoms with Gasteiger partial charge < -0.3 is 5.73 Å². The number of benzene rings is 2. The summed E-state index contributed by atoms with van der Waals surface area (Å²) >= 11 is 6.11. The Hall–Kier alpha value is -1.38. The molecule has 0 saturated heterocycles. The second-order valence-corrected chi connectivity index (χ2v) is 6.29. The molecular formula is C18H19ClFN. The predicted molar refractivity (Wildman–Crippen MR) is 85.0 cm³/mol. The van der Waals surface area contributed by atoms with Crippen molar-refractivity contribution in [2.75, 3.05) is 0 Å². The van der Waals surface area contributed by atoms with Gasteiger partial charge in [-0.1, -0.05) is 54.4 Å². The lowest BCUT2D eigenvalue weighted by Crippen LogP contribution is -2.39. The Labute approximate surface area is 129 Å². The summed E-state index contributed by atoms with van der Waals surface area (Å²) in [5, 5.41) is 0.198. The molecule has 1 aliphatic carbocycles. The quantitative estimate of drug-likeness (QED) is 0.806. The van der Waals surface area contributed by atoms with E-state index < -0.39 is 5.54 Å². The van der Waals surface area contributed by atoms with Gasteiger partial charge in [0.15, 0.2) is 0 Å². The molecule has 21 heavy (non-hydrogen) atoms. The number of fused-ring (bicyclic) bond motifs is 1. The van der Waals surface area contributed by atoms with Crippen molar-refractivity contribution >= 4 is 11.6 Å². The summed E-state index contributed by atoms with van der Waals surface area (Å²) in [6, 6.07) is 13.3. The Kier molecular flexibility index (Phi) is 4.01. The van der Waals surface area contributed by atoms with Crippen LogP contribution in [0.25, 0.3) is 0 Å². The Morgan fingerprint density at radius 1 is 1.10 bits per heavy atom. The average molecular weight is 304 g/mol. The van der Waals surface area contributed by atoms with Crippen LogP contribution in [0.2, 0.25) is 5.02 Å². The van der Waals surface area contributed by atoms with Crippen LogP contribution in [0.1, 0.15) is 36.0 Å². The maximum Gasteiger partial charge on any atom is 0.142 e. The maximum atomic E-state index is 13.7. The highest BCUT2D eigenvalue weighted by Gasteiger charge is 2.32. The molecule has 2 aromatic rings. The molecule has 0 saturated carbocycles. The highest BCUT2D eigenvalue weighted by molar-refractivity contribution is 6.31. The Balaban J connectivity index is 2.02. The number of rotatable bonds is 2. The second-order valence-electron chi connectivity index (χ2n) is 5.91. The molecule has 0 radical (unpaired) electrons. The minimum Gasteiger partial charge on any atom is -0.321 e. The summed E-state index contributed by atoms with van der Waals surface area (Å²) in [6.45, 7) is 0. The maximum absolute atomic E-state index is 13.7. The van der Waals surface area contributed by atoms with Crippen molar-refractivity contribution in [3.63, 3.8) is 0 Å². The molecule has 1 aliphatic rings. The third-order valence-electron chi connectivity index (χ3n) is 4.41. The van der Waals surface area contributed by atoms with E-state index in [1.807, 2.05) is 12.1 Å². The van der Waals surface area contributed by atoms with E-state index in [2.05, 4.69) is 18.2 Å². The summed E-state index contributed by atoms with van der Waals surface area (Å²) in [6.07, 6.45) is 4.76. The fourth-order valence-electron chi connectivity index (χ4n) is 3.32. The van der Waals surface area contributed by atoms with Crippen LogP contribution in [0.15, 0.2) is 42.5 Å². The van der Waals surface area contributed by atoms with Crippen LogP contribution in [0, 0.1) is 5.82 Å².